The number of rotatable bonds is 7. The number of primary amides is 1. The molecule has 0 aliphatic heterocycles. The molecule has 0 bridgehead atoms. The second-order valence-corrected chi connectivity index (χ2v) is 5.94. The van der Waals surface area contributed by atoms with Crippen LogP contribution in [0.4, 0.5) is 0 Å². The lowest BCUT2D eigenvalue weighted by molar-refractivity contribution is -0.131. The zero-order valence-electron chi connectivity index (χ0n) is 11.5. The van der Waals surface area contributed by atoms with Crippen LogP contribution >= 0.6 is 0 Å². The highest BCUT2D eigenvalue weighted by Gasteiger charge is 2.50. The van der Waals surface area contributed by atoms with E-state index in [9.17, 15) is 4.79 Å². The van der Waals surface area contributed by atoms with Crippen molar-refractivity contribution in [3.63, 3.8) is 0 Å². The molecule has 17 heavy (non-hydrogen) atoms. The first-order valence-corrected chi connectivity index (χ1v) is 6.50. The monoisotopic (exact) mass is 242 g/mol. The van der Waals surface area contributed by atoms with Gasteiger partial charge < -0.3 is 15.8 Å². The molecule has 0 saturated heterocycles. The van der Waals surface area contributed by atoms with Crippen molar-refractivity contribution >= 4 is 5.91 Å². The lowest BCUT2D eigenvalue weighted by Gasteiger charge is -2.34. The van der Waals surface area contributed by atoms with E-state index in [1.807, 2.05) is 20.8 Å². The first-order chi connectivity index (χ1) is 7.82. The Kier molecular flexibility index (Phi) is 4.55. The summed E-state index contributed by atoms with van der Waals surface area (Å²) >= 11 is 0. The van der Waals surface area contributed by atoms with Crippen molar-refractivity contribution in [1.82, 2.24) is 5.32 Å². The van der Waals surface area contributed by atoms with Gasteiger partial charge in [-0.25, -0.2) is 0 Å². The maximum Gasteiger partial charge on any atom is 0.240 e. The minimum absolute atomic E-state index is 0.247. The zero-order valence-corrected chi connectivity index (χ0v) is 11.5. The quantitative estimate of drug-likeness (QED) is 0.710. The van der Waals surface area contributed by atoms with Crippen LogP contribution < -0.4 is 11.1 Å². The van der Waals surface area contributed by atoms with Crippen LogP contribution in [-0.2, 0) is 9.53 Å². The molecule has 4 heteroatoms. The highest BCUT2D eigenvalue weighted by molar-refractivity contribution is 5.85. The molecular formula is C13H26N2O2. The molecule has 3 N–H and O–H groups in total. The van der Waals surface area contributed by atoms with Gasteiger partial charge in [0.05, 0.1) is 12.2 Å². The van der Waals surface area contributed by atoms with Gasteiger partial charge in [-0.05, 0) is 52.5 Å². The Morgan fingerprint density at radius 2 is 2.00 bits per heavy atom. The minimum Gasteiger partial charge on any atom is -0.373 e. The summed E-state index contributed by atoms with van der Waals surface area (Å²) < 4.78 is 5.79. The van der Waals surface area contributed by atoms with Crippen molar-refractivity contribution in [3.05, 3.63) is 0 Å². The normalized spacial score (nSPS) is 20.0. The Balaban J connectivity index is 2.72. The van der Waals surface area contributed by atoms with Crippen LogP contribution in [0.25, 0.3) is 0 Å². The van der Waals surface area contributed by atoms with E-state index in [1.165, 1.54) is 0 Å². The molecule has 0 radical (unpaired) electrons. The lowest BCUT2D eigenvalue weighted by atomic mass is 9.92. The fraction of sp³-hybridized carbons (Fsp3) is 0.923. The van der Waals surface area contributed by atoms with Gasteiger partial charge in [-0.3, -0.25) is 4.79 Å². The lowest BCUT2D eigenvalue weighted by Crippen LogP contribution is -2.61. The topological polar surface area (TPSA) is 64.3 Å². The van der Waals surface area contributed by atoms with E-state index in [0.717, 1.165) is 25.8 Å². The smallest absolute Gasteiger partial charge is 0.240 e. The summed E-state index contributed by atoms with van der Waals surface area (Å²) in [6, 6.07) is 0. The molecule has 1 unspecified atom stereocenters. The standard InChI is InChI=1S/C13H26N2O2/c1-5-8-15-13(11(14)16,10-6-7-10)9-17-12(2,3)4/h10,15H,5-9H2,1-4H3,(H2,14,16). The largest absolute Gasteiger partial charge is 0.373 e. The average Bonchev–Trinajstić information content (AvgIpc) is 3.00. The molecule has 1 fully saturated rings. The molecule has 100 valence electrons. The highest BCUT2D eigenvalue weighted by atomic mass is 16.5. The minimum atomic E-state index is -0.663. The van der Waals surface area contributed by atoms with E-state index in [1.54, 1.807) is 0 Å². The van der Waals surface area contributed by atoms with Gasteiger partial charge in [-0.15, -0.1) is 0 Å². The van der Waals surface area contributed by atoms with Crippen LogP contribution in [0.5, 0.6) is 0 Å². The molecule has 0 aromatic heterocycles. The maximum atomic E-state index is 11.8. The number of nitrogens with one attached hydrogen (secondary N) is 1. The first-order valence-electron chi connectivity index (χ1n) is 6.50. The summed E-state index contributed by atoms with van der Waals surface area (Å²) in [7, 11) is 0. The van der Waals surface area contributed by atoms with Crippen molar-refractivity contribution in [3.8, 4) is 0 Å². The van der Waals surface area contributed by atoms with Gasteiger partial charge in [0, 0.05) is 0 Å². The van der Waals surface area contributed by atoms with E-state index in [4.69, 9.17) is 10.5 Å². The van der Waals surface area contributed by atoms with Gasteiger partial charge in [0.15, 0.2) is 0 Å². The molecule has 1 atom stereocenters. The molecule has 0 spiro atoms. The average molecular weight is 242 g/mol. The summed E-state index contributed by atoms with van der Waals surface area (Å²) in [6.07, 6.45) is 3.11. The van der Waals surface area contributed by atoms with Crippen LogP contribution in [0.15, 0.2) is 0 Å². The molecule has 0 aromatic carbocycles. The Labute approximate surface area is 104 Å². The van der Waals surface area contributed by atoms with Gasteiger partial charge in [0.2, 0.25) is 5.91 Å². The summed E-state index contributed by atoms with van der Waals surface area (Å²) in [5.74, 6) is 0.0617. The molecular weight excluding hydrogens is 216 g/mol. The van der Waals surface area contributed by atoms with Gasteiger partial charge in [-0.1, -0.05) is 6.92 Å². The number of hydrogen-bond donors (Lipinski definition) is 2. The molecule has 1 aliphatic rings. The molecule has 1 aliphatic carbocycles. The van der Waals surface area contributed by atoms with Crippen molar-refractivity contribution in [2.75, 3.05) is 13.2 Å². The molecule has 0 heterocycles. The van der Waals surface area contributed by atoms with E-state index in [0.29, 0.717) is 12.5 Å². The summed E-state index contributed by atoms with van der Waals surface area (Å²) in [5, 5.41) is 3.32. The number of carbonyl (C=O) groups is 1. The third-order valence-corrected chi connectivity index (χ3v) is 3.14. The number of hydrogen-bond acceptors (Lipinski definition) is 3. The van der Waals surface area contributed by atoms with E-state index >= 15 is 0 Å². The first kappa shape index (κ1) is 14.5. The highest BCUT2D eigenvalue weighted by Crippen LogP contribution is 2.40. The van der Waals surface area contributed by atoms with Crippen LogP contribution in [0.2, 0.25) is 0 Å². The van der Waals surface area contributed by atoms with Crippen molar-refractivity contribution in [1.29, 1.82) is 0 Å². The Bertz CT molecular complexity index is 269. The van der Waals surface area contributed by atoms with Gasteiger partial charge >= 0.3 is 0 Å². The number of carbonyl (C=O) groups excluding carboxylic acids is 1. The summed E-state index contributed by atoms with van der Waals surface area (Å²) in [4.78, 5) is 11.8. The van der Waals surface area contributed by atoms with Crippen molar-refractivity contribution in [2.45, 2.75) is 58.1 Å². The molecule has 1 rings (SSSR count). The molecule has 4 nitrogen and oxygen atoms in total. The van der Waals surface area contributed by atoms with Crippen LogP contribution in [0.3, 0.4) is 0 Å². The van der Waals surface area contributed by atoms with Crippen molar-refractivity contribution < 1.29 is 9.53 Å². The fourth-order valence-corrected chi connectivity index (χ4v) is 1.93. The number of amides is 1. The Morgan fingerprint density at radius 3 is 2.35 bits per heavy atom. The third-order valence-electron chi connectivity index (χ3n) is 3.14. The second-order valence-electron chi connectivity index (χ2n) is 5.94. The molecule has 1 saturated carbocycles. The van der Waals surface area contributed by atoms with Gasteiger partial charge in [-0.2, -0.15) is 0 Å². The molecule has 0 aromatic rings. The third kappa shape index (κ3) is 3.96. The maximum absolute atomic E-state index is 11.8. The van der Waals surface area contributed by atoms with Crippen molar-refractivity contribution in [2.24, 2.45) is 11.7 Å². The van der Waals surface area contributed by atoms with E-state index in [2.05, 4.69) is 12.2 Å². The van der Waals surface area contributed by atoms with E-state index in [-0.39, 0.29) is 11.5 Å². The predicted octanol–water partition coefficient (Wildman–Crippen LogP) is 1.44. The van der Waals surface area contributed by atoms with Gasteiger partial charge in [0.25, 0.3) is 0 Å². The van der Waals surface area contributed by atoms with Crippen LogP contribution in [0, 0.1) is 5.92 Å². The van der Waals surface area contributed by atoms with Crippen LogP contribution in [0.1, 0.15) is 47.0 Å². The second kappa shape index (κ2) is 5.36. The Morgan fingerprint density at radius 1 is 1.41 bits per heavy atom. The van der Waals surface area contributed by atoms with Crippen LogP contribution in [-0.4, -0.2) is 30.2 Å². The summed E-state index contributed by atoms with van der Waals surface area (Å²) in [6.45, 7) is 9.22. The van der Waals surface area contributed by atoms with Gasteiger partial charge in [0.1, 0.15) is 5.54 Å². The number of ether oxygens (including phenoxy) is 1. The molecule has 1 amide bonds. The Hall–Kier alpha value is -0.610. The fourth-order valence-electron chi connectivity index (χ4n) is 1.93. The number of nitrogens with two attached hydrogens (primary N) is 1. The SMILES string of the molecule is CCCNC(COC(C)(C)C)(C(N)=O)C1CC1. The summed E-state index contributed by atoms with van der Waals surface area (Å²) in [5.41, 5.74) is 4.69. The zero-order chi connectivity index (χ0) is 13.1. The van der Waals surface area contributed by atoms with E-state index < -0.39 is 5.54 Å². The predicted molar refractivity (Wildman–Crippen MR) is 68.6 cm³/mol.